The molecule has 0 radical (unpaired) electrons. The molecule has 2 aliphatic carbocycles. The minimum atomic E-state index is -0.147. The fraction of sp³-hybridized carbons (Fsp3) is 0.867. The summed E-state index contributed by atoms with van der Waals surface area (Å²) in [6, 6.07) is 0. The lowest BCUT2D eigenvalue weighted by atomic mass is 9.53. The van der Waals surface area contributed by atoms with Crippen LogP contribution in [0.25, 0.3) is 0 Å². The van der Waals surface area contributed by atoms with Crippen LogP contribution in [0, 0.1) is 23.2 Å². The van der Waals surface area contributed by atoms with Crippen molar-refractivity contribution >= 4 is 0 Å². The second-order valence-electron chi connectivity index (χ2n) is 6.53. The highest BCUT2D eigenvalue weighted by Gasteiger charge is 2.49. The van der Waals surface area contributed by atoms with Gasteiger partial charge in [0.05, 0.1) is 6.10 Å². The summed E-state index contributed by atoms with van der Waals surface area (Å²) in [5.74, 6) is 1.52. The lowest BCUT2D eigenvalue weighted by Crippen LogP contribution is -2.50. The van der Waals surface area contributed by atoms with Gasteiger partial charge in [-0.2, -0.15) is 0 Å². The Morgan fingerprint density at radius 1 is 1.31 bits per heavy atom. The van der Waals surface area contributed by atoms with Crippen molar-refractivity contribution < 1.29 is 5.11 Å². The zero-order chi connectivity index (χ0) is 11.9. The summed E-state index contributed by atoms with van der Waals surface area (Å²) in [6.45, 7) is 10.8. The molecule has 0 aromatic heterocycles. The quantitative estimate of drug-likeness (QED) is 0.669. The normalized spacial score (nSPS) is 48.5. The summed E-state index contributed by atoms with van der Waals surface area (Å²) in [5.41, 5.74) is 1.57. The molecule has 1 N–H and O–H groups in total. The van der Waals surface area contributed by atoms with E-state index >= 15 is 0 Å². The molecule has 0 saturated heterocycles. The topological polar surface area (TPSA) is 20.2 Å². The molecule has 0 aromatic carbocycles. The first-order valence-electron chi connectivity index (χ1n) is 6.79. The molecule has 0 spiro atoms. The van der Waals surface area contributed by atoms with E-state index in [0.29, 0.717) is 23.2 Å². The first kappa shape index (κ1) is 12.2. The summed E-state index contributed by atoms with van der Waals surface area (Å²) >= 11 is 0. The van der Waals surface area contributed by atoms with Crippen LogP contribution in [-0.4, -0.2) is 11.2 Å². The van der Waals surface area contributed by atoms with E-state index in [0.717, 1.165) is 6.42 Å². The molecule has 1 heteroatoms. The molecule has 2 aliphatic rings. The molecular formula is C15H26O. The standard InChI is InChI=1S/C15H26O/c1-10(2)12-7-9-15(4)8-5-6-11(3)13(15)14(12)16/h11-14,16H,1,5-9H2,2-4H3/t11-,12-,13+,14+,15+/m0/s1. The molecule has 2 rings (SSSR count). The molecule has 1 nitrogen and oxygen atoms in total. The Balaban J connectivity index is 2.23. The monoisotopic (exact) mass is 222 g/mol. The van der Waals surface area contributed by atoms with Gasteiger partial charge in [-0.25, -0.2) is 0 Å². The molecule has 0 amide bonds. The van der Waals surface area contributed by atoms with Crippen LogP contribution in [0.3, 0.4) is 0 Å². The maximum atomic E-state index is 10.6. The van der Waals surface area contributed by atoms with Gasteiger partial charge in [0.1, 0.15) is 0 Å². The molecular weight excluding hydrogens is 196 g/mol. The molecule has 0 aromatic rings. The maximum absolute atomic E-state index is 10.6. The third kappa shape index (κ3) is 1.84. The number of aliphatic hydroxyl groups excluding tert-OH is 1. The third-order valence-corrected chi connectivity index (χ3v) is 5.26. The first-order chi connectivity index (χ1) is 7.46. The van der Waals surface area contributed by atoms with Crippen LogP contribution in [0.4, 0.5) is 0 Å². The highest BCUT2D eigenvalue weighted by Crippen LogP contribution is 2.54. The van der Waals surface area contributed by atoms with E-state index in [1.165, 1.54) is 31.3 Å². The molecule has 16 heavy (non-hydrogen) atoms. The fourth-order valence-electron chi connectivity index (χ4n) is 4.35. The van der Waals surface area contributed by atoms with E-state index in [4.69, 9.17) is 0 Å². The van der Waals surface area contributed by atoms with Crippen molar-refractivity contribution in [1.29, 1.82) is 0 Å². The average Bonchev–Trinajstić information content (AvgIpc) is 2.16. The summed E-state index contributed by atoms with van der Waals surface area (Å²) in [5, 5.41) is 10.6. The molecule has 2 fully saturated rings. The summed E-state index contributed by atoms with van der Waals surface area (Å²) in [6.07, 6.45) is 6.21. The predicted octanol–water partition coefficient (Wildman–Crippen LogP) is 3.78. The molecule has 0 aliphatic heterocycles. The van der Waals surface area contributed by atoms with Gasteiger partial charge in [0, 0.05) is 5.92 Å². The Morgan fingerprint density at radius 3 is 2.62 bits per heavy atom. The number of hydrogen-bond donors (Lipinski definition) is 1. The van der Waals surface area contributed by atoms with E-state index in [1.807, 2.05) is 0 Å². The van der Waals surface area contributed by atoms with Gasteiger partial charge in [0.15, 0.2) is 0 Å². The Kier molecular flexibility index (Phi) is 3.18. The summed E-state index contributed by atoms with van der Waals surface area (Å²) < 4.78 is 0. The molecule has 92 valence electrons. The van der Waals surface area contributed by atoms with Crippen LogP contribution in [0.5, 0.6) is 0 Å². The van der Waals surface area contributed by atoms with E-state index in [9.17, 15) is 5.11 Å². The van der Waals surface area contributed by atoms with Crippen LogP contribution >= 0.6 is 0 Å². The van der Waals surface area contributed by atoms with Crippen molar-refractivity contribution in [3.05, 3.63) is 12.2 Å². The zero-order valence-corrected chi connectivity index (χ0v) is 11.0. The number of hydrogen-bond acceptors (Lipinski definition) is 1. The molecule has 0 heterocycles. The first-order valence-corrected chi connectivity index (χ1v) is 6.79. The Morgan fingerprint density at radius 2 is 2.00 bits per heavy atom. The molecule has 2 saturated carbocycles. The van der Waals surface area contributed by atoms with Crippen LogP contribution in [0.2, 0.25) is 0 Å². The van der Waals surface area contributed by atoms with Gasteiger partial charge in [-0.1, -0.05) is 38.8 Å². The predicted molar refractivity (Wildman–Crippen MR) is 68.2 cm³/mol. The Bertz CT molecular complexity index is 283. The van der Waals surface area contributed by atoms with Crippen molar-refractivity contribution in [3.63, 3.8) is 0 Å². The van der Waals surface area contributed by atoms with Gasteiger partial charge in [-0.3, -0.25) is 0 Å². The van der Waals surface area contributed by atoms with Gasteiger partial charge in [0.2, 0.25) is 0 Å². The lowest BCUT2D eigenvalue weighted by Gasteiger charge is -2.53. The maximum Gasteiger partial charge on any atom is 0.0641 e. The minimum absolute atomic E-state index is 0.147. The molecule has 0 unspecified atom stereocenters. The van der Waals surface area contributed by atoms with Crippen molar-refractivity contribution in [3.8, 4) is 0 Å². The van der Waals surface area contributed by atoms with Gasteiger partial charge < -0.3 is 5.11 Å². The second-order valence-corrected chi connectivity index (χ2v) is 6.53. The smallest absolute Gasteiger partial charge is 0.0641 e. The second kappa shape index (κ2) is 4.18. The Hall–Kier alpha value is -0.300. The number of aliphatic hydroxyl groups is 1. The summed E-state index contributed by atoms with van der Waals surface area (Å²) in [7, 11) is 0. The minimum Gasteiger partial charge on any atom is -0.392 e. The van der Waals surface area contributed by atoms with E-state index in [1.54, 1.807) is 0 Å². The molecule has 5 atom stereocenters. The van der Waals surface area contributed by atoms with Crippen LogP contribution in [-0.2, 0) is 0 Å². The fourth-order valence-corrected chi connectivity index (χ4v) is 4.35. The van der Waals surface area contributed by atoms with Gasteiger partial charge in [-0.15, -0.1) is 0 Å². The van der Waals surface area contributed by atoms with E-state index < -0.39 is 0 Å². The van der Waals surface area contributed by atoms with E-state index in [2.05, 4.69) is 27.4 Å². The third-order valence-electron chi connectivity index (χ3n) is 5.26. The highest BCUT2D eigenvalue weighted by molar-refractivity contribution is 5.08. The average molecular weight is 222 g/mol. The largest absolute Gasteiger partial charge is 0.392 e. The van der Waals surface area contributed by atoms with E-state index in [-0.39, 0.29) is 6.10 Å². The van der Waals surface area contributed by atoms with Gasteiger partial charge in [-0.05, 0) is 43.4 Å². The SMILES string of the molecule is C=C(C)[C@@H]1CC[C@@]2(C)CCC[C@H](C)[C@@H]2[C@@H]1O. The Labute approximate surface area is 99.9 Å². The van der Waals surface area contributed by atoms with Crippen molar-refractivity contribution in [2.24, 2.45) is 23.2 Å². The van der Waals surface area contributed by atoms with Crippen LogP contribution in [0.15, 0.2) is 12.2 Å². The van der Waals surface area contributed by atoms with Gasteiger partial charge >= 0.3 is 0 Å². The van der Waals surface area contributed by atoms with Gasteiger partial charge in [0.25, 0.3) is 0 Å². The van der Waals surface area contributed by atoms with Crippen molar-refractivity contribution in [2.45, 2.75) is 59.0 Å². The lowest BCUT2D eigenvalue weighted by molar-refractivity contribution is -0.0934. The number of rotatable bonds is 1. The van der Waals surface area contributed by atoms with Crippen molar-refractivity contribution in [2.75, 3.05) is 0 Å². The highest BCUT2D eigenvalue weighted by atomic mass is 16.3. The zero-order valence-electron chi connectivity index (χ0n) is 11.0. The van der Waals surface area contributed by atoms with Crippen LogP contribution < -0.4 is 0 Å². The molecule has 0 bridgehead atoms. The summed E-state index contributed by atoms with van der Waals surface area (Å²) in [4.78, 5) is 0. The number of fused-ring (bicyclic) bond motifs is 1. The van der Waals surface area contributed by atoms with Crippen molar-refractivity contribution in [1.82, 2.24) is 0 Å². The van der Waals surface area contributed by atoms with Crippen LogP contribution in [0.1, 0.15) is 52.9 Å².